The summed E-state index contributed by atoms with van der Waals surface area (Å²) in [7, 11) is 0. The molecule has 0 amide bonds. The first-order valence-electron chi connectivity index (χ1n) is 4.91. The van der Waals surface area contributed by atoms with E-state index < -0.39 is 0 Å². The van der Waals surface area contributed by atoms with Crippen LogP contribution in [0.15, 0.2) is 58.3 Å². The predicted molar refractivity (Wildman–Crippen MR) is 67.9 cm³/mol. The Morgan fingerprint density at radius 1 is 0.875 bits per heavy atom. The van der Waals surface area contributed by atoms with E-state index in [0.717, 1.165) is 20.4 Å². The minimum atomic E-state index is 0.0892. The molecule has 0 aliphatic heterocycles. The largest absolute Gasteiger partial charge is 0.392 e. The summed E-state index contributed by atoms with van der Waals surface area (Å²) in [6.45, 7) is 0.0892. The van der Waals surface area contributed by atoms with Gasteiger partial charge in [0.25, 0.3) is 0 Å². The highest BCUT2D eigenvalue weighted by molar-refractivity contribution is 7.99. The third-order valence-corrected chi connectivity index (χ3v) is 3.42. The molecule has 82 valence electrons. The Balaban J connectivity index is 2.11. The van der Waals surface area contributed by atoms with Crippen molar-refractivity contribution in [3.05, 3.63) is 59.1 Å². The molecule has 0 aliphatic carbocycles. The van der Waals surface area contributed by atoms with Gasteiger partial charge in [-0.3, -0.25) is 0 Å². The molecular weight excluding hydrogens is 240 g/mol. The monoisotopic (exact) mass is 250 g/mol. The maximum absolute atomic E-state index is 8.93. The van der Waals surface area contributed by atoms with Crippen LogP contribution in [-0.4, -0.2) is 5.11 Å². The highest BCUT2D eigenvalue weighted by Gasteiger charge is 1.97. The standard InChI is InChI=1S/C13H11ClOS/c14-11-3-7-13(8-4-11)16-12-5-1-10(9-15)2-6-12/h1-8,15H,9H2. The lowest BCUT2D eigenvalue weighted by atomic mass is 10.2. The molecule has 1 N–H and O–H groups in total. The van der Waals surface area contributed by atoms with E-state index in [0.29, 0.717) is 0 Å². The quantitative estimate of drug-likeness (QED) is 0.889. The van der Waals surface area contributed by atoms with Crippen LogP contribution in [0.2, 0.25) is 5.02 Å². The van der Waals surface area contributed by atoms with E-state index >= 15 is 0 Å². The van der Waals surface area contributed by atoms with Crippen LogP contribution in [0.4, 0.5) is 0 Å². The molecule has 0 spiro atoms. The van der Waals surface area contributed by atoms with E-state index in [1.807, 2.05) is 48.5 Å². The fourth-order valence-electron chi connectivity index (χ4n) is 1.30. The Morgan fingerprint density at radius 3 is 1.88 bits per heavy atom. The first-order valence-corrected chi connectivity index (χ1v) is 6.10. The van der Waals surface area contributed by atoms with E-state index in [1.54, 1.807) is 11.8 Å². The lowest BCUT2D eigenvalue weighted by Gasteiger charge is -2.02. The van der Waals surface area contributed by atoms with Crippen molar-refractivity contribution in [2.24, 2.45) is 0 Å². The molecular formula is C13H11ClOS. The van der Waals surface area contributed by atoms with Gasteiger partial charge >= 0.3 is 0 Å². The summed E-state index contributed by atoms with van der Waals surface area (Å²) in [6, 6.07) is 15.6. The Hall–Kier alpha value is -0.960. The molecule has 0 bridgehead atoms. The van der Waals surface area contributed by atoms with Crippen molar-refractivity contribution in [3.8, 4) is 0 Å². The third-order valence-electron chi connectivity index (χ3n) is 2.16. The van der Waals surface area contributed by atoms with Gasteiger partial charge in [0.2, 0.25) is 0 Å². The van der Waals surface area contributed by atoms with Gasteiger partial charge in [0.15, 0.2) is 0 Å². The molecule has 0 atom stereocenters. The number of hydrogen-bond acceptors (Lipinski definition) is 2. The van der Waals surface area contributed by atoms with Gasteiger partial charge in [0.05, 0.1) is 6.61 Å². The topological polar surface area (TPSA) is 20.2 Å². The van der Waals surface area contributed by atoms with E-state index in [-0.39, 0.29) is 6.61 Å². The molecule has 0 aromatic heterocycles. The number of halogens is 1. The van der Waals surface area contributed by atoms with Crippen molar-refractivity contribution in [1.29, 1.82) is 0 Å². The molecule has 16 heavy (non-hydrogen) atoms. The smallest absolute Gasteiger partial charge is 0.0681 e. The highest BCUT2D eigenvalue weighted by atomic mass is 35.5. The van der Waals surface area contributed by atoms with Crippen molar-refractivity contribution in [2.75, 3.05) is 0 Å². The number of hydrogen-bond donors (Lipinski definition) is 1. The van der Waals surface area contributed by atoms with Crippen LogP contribution in [0.3, 0.4) is 0 Å². The summed E-state index contributed by atoms with van der Waals surface area (Å²) in [5, 5.41) is 9.68. The summed E-state index contributed by atoms with van der Waals surface area (Å²) >= 11 is 7.49. The number of benzene rings is 2. The van der Waals surface area contributed by atoms with Crippen molar-refractivity contribution in [3.63, 3.8) is 0 Å². The molecule has 0 saturated carbocycles. The maximum Gasteiger partial charge on any atom is 0.0681 e. The Bertz CT molecular complexity index is 450. The van der Waals surface area contributed by atoms with Crippen LogP contribution in [0.25, 0.3) is 0 Å². The van der Waals surface area contributed by atoms with E-state index in [1.165, 1.54) is 0 Å². The number of aliphatic hydroxyl groups excluding tert-OH is 1. The summed E-state index contributed by atoms with van der Waals surface area (Å²) in [6.07, 6.45) is 0. The fraction of sp³-hybridized carbons (Fsp3) is 0.0769. The summed E-state index contributed by atoms with van der Waals surface area (Å²) < 4.78 is 0. The molecule has 0 aliphatic rings. The van der Waals surface area contributed by atoms with Gasteiger partial charge in [-0.15, -0.1) is 0 Å². The van der Waals surface area contributed by atoms with Gasteiger partial charge < -0.3 is 5.11 Å². The van der Waals surface area contributed by atoms with Gasteiger partial charge in [0, 0.05) is 14.8 Å². The lowest BCUT2D eigenvalue weighted by molar-refractivity contribution is 0.282. The summed E-state index contributed by atoms with van der Waals surface area (Å²) in [4.78, 5) is 2.31. The third kappa shape index (κ3) is 3.01. The van der Waals surface area contributed by atoms with Gasteiger partial charge in [-0.2, -0.15) is 0 Å². The van der Waals surface area contributed by atoms with Gasteiger partial charge in [-0.1, -0.05) is 35.5 Å². The highest BCUT2D eigenvalue weighted by Crippen LogP contribution is 2.28. The number of aliphatic hydroxyl groups is 1. The molecule has 1 nitrogen and oxygen atoms in total. The molecule has 0 heterocycles. The average molecular weight is 251 g/mol. The van der Waals surface area contributed by atoms with E-state index in [2.05, 4.69) is 0 Å². The molecule has 2 aromatic carbocycles. The van der Waals surface area contributed by atoms with Crippen molar-refractivity contribution >= 4 is 23.4 Å². The SMILES string of the molecule is OCc1ccc(Sc2ccc(Cl)cc2)cc1. The van der Waals surface area contributed by atoms with Crippen LogP contribution in [0.1, 0.15) is 5.56 Å². The summed E-state index contributed by atoms with van der Waals surface area (Å²) in [5.74, 6) is 0. The van der Waals surface area contributed by atoms with Crippen molar-refractivity contribution in [1.82, 2.24) is 0 Å². The zero-order valence-electron chi connectivity index (χ0n) is 8.56. The zero-order valence-corrected chi connectivity index (χ0v) is 10.1. The van der Waals surface area contributed by atoms with Gasteiger partial charge in [0.1, 0.15) is 0 Å². The maximum atomic E-state index is 8.93. The predicted octanol–water partition coefficient (Wildman–Crippen LogP) is 3.98. The molecule has 2 aromatic rings. The van der Waals surface area contributed by atoms with Crippen LogP contribution in [-0.2, 0) is 6.61 Å². The fourth-order valence-corrected chi connectivity index (χ4v) is 2.24. The molecule has 0 fully saturated rings. The normalized spacial score (nSPS) is 10.4. The van der Waals surface area contributed by atoms with Crippen LogP contribution < -0.4 is 0 Å². The van der Waals surface area contributed by atoms with Gasteiger partial charge in [-0.25, -0.2) is 0 Å². The lowest BCUT2D eigenvalue weighted by Crippen LogP contribution is -1.81. The number of rotatable bonds is 3. The molecule has 3 heteroatoms. The minimum Gasteiger partial charge on any atom is -0.392 e. The molecule has 2 rings (SSSR count). The van der Waals surface area contributed by atoms with Crippen LogP contribution >= 0.6 is 23.4 Å². The molecule has 0 radical (unpaired) electrons. The Morgan fingerprint density at radius 2 is 1.38 bits per heavy atom. The van der Waals surface area contributed by atoms with Crippen molar-refractivity contribution in [2.45, 2.75) is 16.4 Å². The second-order valence-electron chi connectivity index (χ2n) is 3.36. The first kappa shape index (κ1) is 11.5. The van der Waals surface area contributed by atoms with Gasteiger partial charge in [-0.05, 0) is 42.0 Å². The Kier molecular flexibility index (Phi) is 3.88. The molecule has 0 unspecified atom stereocenters. The van der Waals surface area contributed by atoms with Crippen molar-refractivity contribution < 1.29 is 5.11 Å². The average Bonchev–Trinajstić information content (AvgIpc) is 2.33. The Labute approximate surface area is 104 Å². The summed E-state index contributed by atoms with van der Waals surface area (Å²) in [5.41, 5.74) is 0.931. The first-order chi connectivity index (χ1) is 7.78. The second kappa shape index (κ2) is 5.39. The minimum absolute atomic E-state index is 0.0892. The second-order valence-corrected chi connectivity index (χ2v) is 4.94. The van der Waals surface area contributed by atoms with E-state index in [4.69, 9.17) is 16.7 Å². The zero-order chi connectivity index (χ0) is 11.4. The molecule has 0 saturated heterocycles. The van der Waals surface area contributed by atoms with E-state index in [9.17, 15) is 0 Å². The van der Waals surface area contributed by atoms with Crippen LogP contribution in [0.5, 0.6) is 0 Å². The van der Waals surface area contributed by atoms with Crippen LogP contribution in [0, 0.1) is 0 Å².